The minimum absolute atomic E-state index is 0.0137. The van der Waals surface area contributed by atoms with Crippen molar-refractivity contribution in [2.75, 3.05) is 21.9 Å². The van der Waals surface area contributed by atoms with Crippen molar-refractivity contribution in [3.63, 3.8) is 0 Å². The van der Waals surface area contributed by atoms with Gasteiger partial charge in [0.05, 0.1) is 22.6 Å². The lowest BCUT2D eigenvalue weighted by atomic mass is 10.1. The molecule has 4 aromatic rings. The van der Waals surface area contributed by atoms with Crippen LogP contribution >= 0.6 is 0 Å². The van der Waals surface area contributed by atoms with E-state index in [0.29, 0.717) is 28.4 Å². The van der Waals surface area contributed by atoms with Crippen LogP contribution in [0.3, 0.4) is 0 Å². The molecule has 0 aliphatic carbocycles. The largest absolute Gasteiger partial charge is 0.495 e. The van der Waals surface area contributed by atoms with E-state index in [1.54, 1.807) is 37.3 Å². The highest BCUT2D eigenvalue weighted by Gasteiger charge is 2.21. The van der Waals surface area contributed by atoms with Gasteiger partial charge >= 0.3 is 0 Å². The van der Waals surface area contributed by atoms with Crippen molar-refractivity contribution in [1.82, 2.24) is 0 Å². The van der Waals surface area contributed by atoms with Gasteiger partial charge < -0.3 is 10.1 Å². The van der Waals surface area contributed by atoms with Crippen molar-refractivity contribution >= 4 is 43.0 Å². The van der Waals surface area contributed by atoms with Crippen LogP contribution < -0.4 is 19.5 Å². The summed E-state index contributed by atoms with van der Waals surface area (Å²) in [6, 6.07) is 20.4. The number of benzene rings is 4. The van der Waals surface area contributed by atoms with Gasteiger partial charge in [-0.25, -0.2) is 16.8 Å². The summed E-state index contributed by atoms with van der Waals surface area (Å²) < 4.78 is 62.6. The fourth-order valence-electron chi connectivity index (χ4n) is 4.07. The first-order valence-electron chi connectivity index (χ1n) is 12.6. The number of hydrogen-bond acceptors (Lipinski definition) is 6. The molecule has 0 fully saturated rings. The molecule has 0 radical (unpaired) electrons. The first-order valence-corrected chi connectivity index (χ1v) is 15.6. The van der Waals surface area contributed by atoms with Crippen molar-refractivity contribution in [2.45, 2.75) is 37.5 Å². The van der Waals surface area contributed by atoms with E-state index < -0.39 is 26.0 Å². The molecule has 3 N–H and O–H groups in total. The lowest BCUT2D eigenvalue weighted by molar-refractivity contribution is 0.102. The fraction of sp³-hybridized carbons (Fsp3) is 0.167. The van der Waals surface area contributed by atoms with E-state index in [4.69, 9.17) is 4.74 Å². The predicted molar refractivity (Wildman–Crippen MR) is 161 cm³/mol. The maximum absolute atomic E-state index is 13.2. The number of hydrogen-bond donors (Lipinski definition) is 3. The van der Waals surface area contributed by atoms with Gasteiger partial charge in [-0.15, -0.1) is 0 Å². The highest BCUT2D eigenvalue weighted by atomic mass is 32.2. The smallest absolute Gasteiger partial charge is 0.262 e. The Labute approximate surface area is 240 Å². The Morgan fingerprint density at radius 1 is 0.659 bits per heavy atom. The molecule has 0 aliphatic rings. The number of carbonyl (C=O) groups is 1. The van der Waals surface area contributed by atoms with E-state index in [0.717, 1.165) is 16.7 Å². The monoisotopic (exact) mass is 593 g/mol. The summed E-state index contributed by atoms with van der Waals surface area (Å²) in [5, 5.41) is 2.68. The third kappa shape index (κ3) is 6.87. The van der Waals surface area contributed by atoms with Gasteiger partial charge in [0.2, 0.25) is 0 Å². The molecule has 0 unspecified atom stereocenters. The minimum Gasteiger partial charge on any atom is -0.495 e. The van der Waals surface area contributed by atoms with Crippen LogP contribution in [-0.4, -0.2) is 29.9 Å². The second kappa shape index (κ2) is 11.6. The Morgan fingerprint density at radius 3 is 1.98 bits per heavy atom. The second-order valence-electron chi connectivity index (χ2n) is 9.67. The number of amides is 1. The van der Waals surface area contributed by atoms with Gasteiger partial charge in [0.15, 0.2) is 0 Å². The molecule has 0 heterocycles. The third-order valence-electron chi connectivity index (χ3n) is 6.52. The Hall–Kier alpha value is -4.35. The highest BCUT2D eigenvalue weighted by molar-refractivity contribution is 7.93. The summed E-state index contributed by atoms with van der Waals surface area (Å²) in [6.45, 7) is 7.31. The van der Waals surface area contributed by atoms with Crippen molar-refractivity contribution < 1.29 is 26.4 Å². The van der Waals surface area contributed by atoms with E-state index in [-0.39, 0.29) is 15.4 Å². The fourth-order valence-corrected chi connectivity index (χ4v) is 6.45. The van der Waals surface area contributed by atoms with Crippen molar-refractivity contribution in [2.24, 2.45) is 0 Å². The Morgan fingerprint density at radius 2 is 1.32 bits per heavy atom. The zero-order valence-electron chi connectivity index (χ0n) is 23.3. The molecule has 41 heavy (non-hydrogen) atoms. The average molecular weight is 594 g/mol. The first kappa shape index (κ1) is 29.6. The minimum atomic E-state index is -3.97. The number of sulfonamides is 2. The molecule has 4 rings (SSSR count). The van der Waals surface area contributed by atoms with Crippen LogP contribution in [0, 0.1) is 27.7 Å². The Kier molecular flexibility index (Phi) is 8.41. The summed E-state index contributed by atoms with van der Waals surface area (Å²) in [7, 11) is -6.45. The average Bonchev–Trinajstić information content (AvgIpc) is 2.91. The number of anilines is 3. The van der Waals surface area contributed by atoms with Crippen LogP contribution in [0.25, 0.3) is 0 Å². The molecule has 214 valence electrons. The van der Waals surface area contributed by atoms with Gasteiger partial charge in [0.25, 0.3) is 26.0 Å². The van der Waals surface area contributed by atoms with Crippen LogP contribution in [0.2, 0.25) is 0 Å². The third-order valence-corrected chi connectivity index (χ3v) is 9.43. The van der Waals surface area contributed by atoms with Gasteiger partial charge in [-0.05, 0) is 111 Å². The molecule has 0 saturated carbocycles. The Bertz CT molecular complexity index is 1830. The van der Waals surface area contributed by atoms with Crippen molar-refractivity contribution in [3.8, 4) is 5.75 Å². The zero-order chi connectivity index (χ0) is 29.9. The van der Waals surface area contributed by atoms with Crippen LogP contribution in [0.5, 0.6) is 5.75 Å². The molecule has 4 aromatic carbocycles. The number of aryl methyl sites for hydroxylation is 4. The normalized spacial score (nSPS) is 11.5. The van der Waals surface area contributed by atoms with E-state index >= 15 is 0 Å². The number of carbonyl (C=O) groups excluding carboxylic acids is 1. The molecular weight excluding hydrogens is 562 g/mol. The molecule has 0 spiro atoms. The van der Waals surface area contributed by atoms with E-state index in [1.165, 1.54) is 43.5 Å². The van der Waals surface area contributed by atoms with Crippen LogP contribution in [-0.2, 0) is 20.0 Å². The van der Waals surface area contributed by atoms with E-state index in [1.807, 2.05) is 32.9 Å². The van der Waals surface area contributed by atoms with Gasteiger partial charge in [-0.3, -0.25) is 14.2 Å². The van der Waals surface area contributed by atoms with Gasteiger partial charge in [-0.2, -0.15) is 0 Å². The first-order chi connectivity index (χ1) is 19.3. The SMILES string of the molecule is COc1ccc(C)cc1NS(=O)(=O)c1ccc(NC(=O)c2ccc(C)c(S(=O)(=O)Nc3ccc(C)c(C)c3)c2)cc1. The number of rotatable bonds is 9. The number of ether oxygens (including phenoxy) is 1. The molecule has 0 aromatic heterocycles. The zero-order valence-corrected chi connectivity index (χ0v) is 24.9. The molecular formula is C30H31N3O6S2. The van der Waals surface area contributed by atoms with Crippen molar-refractivity contribution in [1.29, 1.82) is 0 Å². The maximum Gasteiger partial charge on any atom is 0.262 e. The summed E-state index contributed by atoms with van der Waals surface area (Å²) in [5.41, 5.74) is 4.51. The summed E-state index contributed by atoms with van der Waals surface area (Å²) in [4.78, 5) is 13.0. The summed E-state index contributed by atoms with van der Waals surface area (Å²) in [6.07, 6.45) is 0. The number of nitrogens with one attached hydrogen (secondary N) is 3. The lowest BCUT2D eigenvalue weighted by Gasteiger charge is -2.14. The predicted octanol–water partition coefficient (Wildman–Crippen LogP) is 5.78. The van der Waals surface area contributed by atoms with Crippen molar-refractivity contribution in [3.05, 3.63) is 107 Å². The van der Waals surface area contributed by atoms with Gasteiger partial charge in [0, 0.05) is 16.9 Å². The molecule has 0 aliphatic heterocycles. The molecule has 1 amide bonds. The molecule has 0 bridgehead atoms. The summed E-state index contributed by atoms with van der Waals surface area (Å²) >= 11 is 0. The van der Waals surface area contributed by atoms with Crippen LogP contribution in [0.4, 0.5) is 17.1 Å². The van der Waals surface area contributed by atoms with Crippen LogP contribution in [0.15, 0.2) is 88.7 Å². The Balaban J connectivity index is 1.51. The molecule has 0 atom stereocenters. The van der Waals surface area contributed by atoms with Crippen LogP contribution in [0.1, 0.15) is 32.6 Å². The summed E-state index contributed by atoms with van der Waals surface area (Å²) in [5.74, 6) is -0.169. The standard InChI is InChI=1S/C30H31N3O6S2/c1-19-6-15-28(39-5)27(16-19)33-40(35,36)26-13-11-24(12-14-26)31-30(34)23-9-7-21(3)29(18-23)41(37,38)32-25-10-8-20(2)22(4)17-25/h6-18,32-33H,1-5H3,(H,31,34). The molecule has 11 heteroatoms. The second-order valence-corrected chi connectivity index (χ2v) is 13.0. The topological polar surface area (TPSA) is 131 Å². The van der Waals surface area contributed by atoms with Gasteiger partial charge in [-0.1, -0.05) is 18.2 Å². The maximum atomic E-state index is 13.2. The molecule has 9 nitrogen and oxygen atoms in total. The van der Waals surface area contributed by atoms with Gasteiger partial charge in [0.1, 0.15) is 5.75 Å². The quantitative estimate of drug-likeness (QED) is 0.225. The highest BCUT2D eigenvalue weighted by Crippen LogP contribution is 2.28. The van der Waals surface area contributed by atoms with E-state index in [2.05, 4.69) is 14.8 Å². The van der Waals surface area contributed by atoms with E-state index in [9.17, 15) is 21.6 Å². The molecule has 0 saturated heterocycles. The lowest BCUT2D eigenvalue weighted by Crippen LogP contribution is -2.17. The number of methoxy groups -OCH3 is 1.